The van der Waals surface area contributed by atoms with Gasteiger partial charge >= 0.3 is 0 Å². The van der Waals surface area contributed by atoms with E-state index in [1.807, 2.05) is 34.4 Å². The average Bonchev–Trinajstić information content (AvgIpc) is 3.34. The number of rotatable bonds is 2. The van der Waals surface area contributed by atoms with Crippen LogP contribution in [0.25, 0.3) is 10.8 Å². The van der Waals surface area contributed by atoms with Gasteiger partial charge in [-0.2, -0.15) is 0 Å². The van der Waals surface area contributed by atoms with Crippen LogP contribution in [0.3, 0.4) is 0 Å². The minimum Gasteiger partial charge on any atom is -0.327 e. The Morgan fingerprint density at radius 1 is 1.29 bits per heavy atom. The van der Waals surface area contributed by atoms with E-state index in [0.717, 1.165) is 47.0 Å². The maximum absolute atomic E-state index is 13.1. The van der Waals surface area contributed by atoms with Crippen LogP contribution in [-0.2, 0) is 13.5 Å². The Labute approximate surface area is 140 Å². The van der Waals surface area contributed by atoms with Crippen LogP contribution >= 0.6 is 0 Å². The number of hydrogen-bond acceptors (Lipinski definition) is 2. The monoisotopic (exact) mass is 317 g/mol. The molecule has 0 amide bonds. The van der Waals surface area contributed by atoms with Gasteiger partial charge < -0.3 is 9.13 Å². The molecular weight excluding hydrogens is 298 g/mol. The molecule has 2 heterocycles. The molecule has 3 aromatic rings. The minimum absolute atomic E-state index is 0.0988. The highest BCUT2D eigenvalue weighted by Gasteiger charge is 2.27. The molecule has 0 spiro atoms. The summed E-state index contributed by atoms with van der Waals surface area (Å²) in [6.45, 7) is 2.10. The number of nitrogens with zero attached hydrogens (tertiary/aromatic N) is 3. The Morgan fingerprint density at radius 2 is 2.12 bits per heavy atom. The molecule has 0 aliphatic heterocycles. The fourth-order valence-electron chi connectivity index (χ4n) is 3.15. The first-order valence-electron chi connectivity index (χ1n) is 8.34. The van der Waals surface area contributed by atoms with E-state index in [2.05, 4.69) is 29.8 Å². The molecule has 0 saturated heterocycles. The summed E-state index contributed by atoms with van der Waals surface area (Å²) in [6, 6.07) is 8.41. The maximum Gasteiger partial charge on any atom is 0.260 e. The van der Waals surface area contributed by atoms with Gasteiger partial charge in [0, 0.05) is 24.3 Å². The van der Waals surface area contributed by atoms with Gasteiger partial charge in [0.1, 0.15) is 5.69 Å². The van der Waals surface area contributed by atoms with Crippen molar-refractivity contribution in [3.8, 4) is 11.8 Å². The Bertz CT molecular complexity index is 1040. The molecule has 0 unspecified atom stereocenters. The maximum atomic E-state index is 13.1. The van der Waals surface area contributed by atoms with Gasteiger partial charge in [-0.25, -0.2) is 4.98 Å². The van der Waals surface area contributed by atoms with Crippen LogP contribution in [0.4, 0.5) is 0 Å². The highest BCUT2D eigenvalue weighted by Crippen LogP contribution is 2.35. The van der Waals surface area contributed by atoms with E-state index in [-0.39, 0.29) is 5.56 Å². The van der Waals surface area contributed by atoms with Crippen molar-refractivity contribution in [1.82, 2.24) is 14.1 Å². The lowest BCUT2D eigenvalue weighted by atomic mass is 10.0. The zero-order chi connectivity index (χ0) is 16.7. The first kappa shape index (κ1) is 14.8. The molecule has 0 N–H and O–H groups in total. The van der Waals surface area contributed by atoms with Crippen molar-refractivity contribution in [1.29, 1.82) is 0 Å². The third-order valence-corrected chi connectivity index (χ3v) is 4.58. The average molecular weight is 317 g/mol. The zero-order valence-corrected chi connectivity index (χ0v) is 13.9. The molecular formula is C20H19N3O. The van der Waals surface area contributed by atoms with Gasteiger partial charge in [-0.3, -0.25) is 4.79 Å². The third-order valence-electron chi connectivity index (χ3n) is 4.58. The SMILES string of the molecule is CCc1cc2cccc(C#Cc3cncn3C)c2c(=O)n1C1CC1. The Balaban J connectivity index is 1.94. The number of hydrogen-bond donors (Lipinski definition) is 0. The van der Waals surface area contributed by atoms with Crippen LogP contribution in [0.1, 0.15) is 42.8 Å². The standard InChI is InChI=1S/C20H19N3O/c1-3-16-11-15-6-4-5-14(7-8-18-12-21-13-22(18)2)19(15)20(24)23(16)17-9-10-17/h4-6,11-13,17H,3,9-10H2,1-2H3. The number of fused-ring (bicyclic) bond motifs is 1. The smallest absolute Gasteiger partial charge is 0.260 e. The molecule has 1 aliphatic rings. The van der Waals surface area contributed by atoms with Crippen LogP contribution in [0.2, 0.25) is 0 Å². The lowest BCUT2D eigenvalue weighted by Crippen LogP contribution is -2.23. The van der Waals surface area contributed by atoms with Crippen LogP contribution < -0.4 is 5.56 Å². The Kier molecular flexibility index (Phi) is 3.50. The molecule has 1 saturated carbocycles. The number of pyridine rings is 1. The largest absolute Gasteiger partial charge is 0.327 e. The molecule has 2 aromatic heterocycles. The summed E-state index contributed by atoms with van der Waals surface area (Å²) in [5, 5.41) is 1.71. The second kappa shape index (κ2) is 5.68. The molecule has 0 bridgehead atoms. The first-order valence-corrected chi connectivity index (χ1v) is 8.34. The van der Waals surface area contributed by atoms with E-state index in [4.69, 9.17) is 0 Å². The lowest BCUT2D eigenvalue weighted by molar-refractivity contribution is 0.670. The number of imidazole rings is 1. The molecule has 1 aliphatic carbocycles. The van der Waals surface area contributed by atoms with E-state index in [1.54, 1.807) is 12.5 Å². The zero-order valence-electron chi connectivity index (χ0n) is 13.9. The van der Waals surface area contributed by atoms with Crippen molar-refractivity contribution in [3.63, 3.8) is 0 Å². The predicted molar refractivity (Wildman–Crippen MR) is 95.0 cm³/mol. The molecule has 24 heavy (non-hydrogen) atoms. The number of aryl methyl sites for hydroxylation is 2. The Morgan fingerprint density at radius 3 is 2.79 bits per heavy atom. The summed E-state index contributed by atoms with van der Waals surface area (Å²) >= 11 is 0. The van der Waals surface area contributed by atoms with Crippen molar-refractivity contribution in [3.05, 3.63) is 64.1 Å². The van der Waals surface area contributed by atoms with Crippen molar-refractivity contribution >= 4 is 10.8 Å². The molecule has 0 radical (unpaired) electrons. The minimum atomic E-state index is 0.0988. The van der Waals surface area contributed by atoms with Gasteiger partial charge in [0.15, 0.2) is 0 Å². The van der Waals surface area contributed by atoms with Gasteiger partial charge in [0.05, 0.1) is 17.9 Å². The summed E-state index contributed by atoms with van der Waals surface area (Å²) in [6.07, 6.45) is 6.52. The van der Waals surface area contributed by atoms with E-state index >= 15 is 0 Å². The molecule has 4 heteroatoms. The molecule has 1 fully saturated rings. The van der Waals surface area contributed by atoms with Crippen molar-refractivity contribution in [2.24, 2.45) is 7.05 Å². The molecule has 0 atom stereocenters. The summed E-state index contributed by atoms with van der Waals surface area (Å²) in [7, 11) is 1.91. The van der Waals surface area contributed by atoms with Gasteiger partial charge in [-0.05, 0) is 42.7 Å². The molecule has 1 aromatic carbocycles. The summed E-state index contributed by atoms with van der Waals surface area (Å²) in [5.74, 6) is 6.30. The topological polar surface area (TPSA) is 39.8 Å². The fourth-order valence-corrected chi connectivity index (χ4v) is 3.15. The van der Waals surface area contributed by atoms with Gasteiger partial charge in [0.25, 0.3) is 5.56 Å². The molecule has 120 valence electrons. The lowest BCUT2D eigenvalue weighted by Gasteiger charge is -2.13. The molecule has 4 nitrogen and oxygen atoms in total. The molecule has 4 rings (SSSR count). The van der Waals surface area contributed by atoms with Gasteiger partial charge in [0.2, 0.25) is 0 Å². The van der Waals surface area contributed by atoms with Crippen LogP contribution in [0.15, 0.2) is 41.6 Å². The summed E-state index contributed by atoms with van der Waals surface area (Å²) in [4.78, 5) is 17.2. The van der Waals surface area contributed by atoms with Gasteiger partial charge in [-0.15, -0.1) is 0 Å². The van der Waals surface area contributed by atoms with E-state index in [9.17, 15) is 4.79 Å². The summed E-state index contributed by atoms with van der Waals surface area (Å²) < 4.78 is 3.85. The normalized spacial score (nSPS) is 13.8. The fraction of sp³-hybridized carbons (Fsp3) is 0.300. The quantitative estimate of drug-likeness (QED) is 0.682. The van der Waals surface area contributed by atoms with Crippen molar-refractivity contribution in [2.45, 2.75) is 32.2 Å². The number of aromatic nitrogens is 3. The highest BCUT2D eigenvalue weighted by molar-refractivity contribution is 5.88. The van der Waals surface area contributed by atoms with Crippen LogP contribution in [0.5, 0.6) is 0 Å². The predicted octanol–water partition coefficient (Wildman–Crippen LogP) is 3.03. The summed E-state index contributed by atoms with van der Waals surface area (Å²) in [5.41, 5.74) is 2.84. The van der Waals surface area contributed by atoms with Crippen LogP contribution in [-0.4, -0.2) is 14.1 Å². The van der Waals surface area contributed by atoms with Gasteiger partial charge in [-0.1, -0.05) is 25.0 Å². The van der Waals surface area contributed by atoms with Crippen molar-refractivity contribution < 1.29 is 0 Å². The van der Waals surface area contributed by atoms with E-state index in [0.29, 0.717) is 6.04 Å². The first-order chi connectivity index (χ1) is 11.7. The van der Waals surface area contributed by atoms with Crippen molar-refractivity contribution in [2.75, 3.05) is 0 Å². The van der Waals surface area contributed by atoms with E-state index < -0.39 is 0 Å². The third kappa shape index (κ3) is 2.43. The van der Waals surface area contributed by atoms with E-state index in [1.165, 1.54) is 0 Å². The Hall–Kier alpha value is -2.80. The second-order valence-electron chi connectivity index (χ2n) is 6.31. The highest BCUT2D eigenvalue weighted by atomic mass is 16.1. The second-order valence-corrected chi connectivity index (χ2v) is 6.31. The number of benzene rings is 1. The van der Waals surface area contributed by atoms with Crippen LogP contribution in [0, 0.1) is 11.8 Å².